The van der Waals surface area contributed by atoms with Gasteiger partial charge >= 0.3 is 0 Å². The lowest BCUT2D eigenvalue weighted by Crippen LogP contribution is -2.30. The van der Waals surface area contributed by atoms with Crippen LogP contribution in [0.4, 0.5) is 0 Å². The van der Waals surface area contributed by atoms with Crippen LogP contribution < -0.4 is 5.32 Å². The van der Waals surface area contributed by atoms with Gasteiger partial charge in [-0.1, -0.05) is 13.8 Å². The maximum absolute atomic E-state index is 5.66. The van der Waals surface area contributed by atoms with E-state index in [9.17, 15) is 0 Å². The van der Waals surface area contributed by atoms with Gasteiger partial charge in [-0.2, -0.15) is 0 Å². The first-order chi connectivity index (χ1) is 5.86. The van der Waals surface area contributed by atoms with Crippen molar-refractivity contribution in [1.82, 2.24) is 5.32 Å². The summed E-state index contributed by atoms with van der Waals surface area (Å²) in [4.78, 5) is 0. The average Bonchev–Trinajstić information content (AvgIpc) is 2.89. The van der Waals surface area contributed by atoms with Crippen molar-refractivity contribution in [3.05, 3.63) is 0 Å². The first-order valence-electron chi connectivity index (χ1n) is 5.21. The number of nitrogens with one attached hydrogen (secondary N) is 1. The van der Waals surface area contributed by atoms with Gasteiger partial charge in [0.05, 0.1) is 6.10 Å². The predicted molar refractivity (Wildman–Crippen MR) is 51.3 cm³/mol. The van der Waals surface area contributed by atoms with E-state index in [0.717, 1.165) is 32.0 Å². The fourth-order valence-corrected chi connectivity index (χ4v) is 1.19. The lowest BCUT2D eigenvalue weighted by molar-refractivity contribution is 0.0510. The molecule has 1 fully saturated rings. The highest BCUT2D eigenvalue weighted by Gasteiger charge is 2.21. The Hall–Kier alpha value is -0.0800. The van der Waals surface area contributed by atoms with Crippen LogP contribution in [0.1, 0.15) is 39.5 Å². The molecule has 0 aliphatic heterocycles. The Morgan fingerprint density at radius 1 is 1.42 bits per heavy atom. The van der Waals surface area contributed by atoms with Gasteiger partial charge in [0.15, 0.2) is 0 Å². The number of hydrogen-bond acceptors (Lipinski definition) is 2. The van der Waals surface area contributed by atoms with Gasteiger partial charge in [-0.15, -0.1) is 0 Å². The second-order valence-corrected chi connectivity index (χ2v) is 3.58. The van der Waals surface area contributed by atoms with Crippen molar-refractivity contribution in [3.63, 3.8) is 0 Å². The third-order valence-corrected chi connectivity index (χ3v) is 2.22. The SMILES string of the molecule is CCCOC(CC)CNC1CC1. The smallest absolute Gasteiger partial charge is 0.0696 e. The summed E-state index contributed by atoms with van der Waals surface area (Å²) in [5, 5.41) is 3.49. The van der Waals surface area contributed by atoms with Gasteiger partial charge < -0.3 is 10.1 Å². The maximum atomic E-state index is 5.66. The Labute approximate surface area is 75.7 Å². The molecule has 1 unspecified atom stereocenters. The van der Waals surface area contributed by atoms with E-state index in [0.29, 0.717) is 6.10 Å². The summed E-state index contributed by atoms with van der Waals surface area (Å²) in [6.07, 6.45) is 5.42. The number of ether oxygens (including phenoxy) is 1. The monoisotopic (exact) mass is 171 g/mol. The molecule has 0 aromatic carbocycles. The molecule has 0 radical (unpaired) electrons. The van der Waals surface area contributed by atoms with E-state index < -0.39 is 0 Å². The molecule has 0 amide bonds. The van der Waals surface area contributed by atoms with Crippen molar-refractivity contribution in [1.29, 1.82) is 0 Å². The molecule has 0 spiro atoms. The van der Waals surface area contributed by atoms with Crippen molar-refractivity contribution < 1.29 is 4.74 Å². The maximum Gasteiger partial charge on any atom is 0.0696 e. The van der Waals surface area contributed by atoms with Crippen LogP contribution >= 0.6 is 0 Å². The van der Waals surface area contributed by atoms with E-state index in [1.165, 1.54) is 12.8 Å². The van der Waals surface area contributed by atoms with Crippen molar-refractivity contribution in [2.75, 3.05) is 13.2 Å². The zero-order chi connectivity index (χ0) is 8.81. The van der Waals surface area contributed by atoms with E-state index in [1.807, 2.05) is 0 Å². The van der Waals surface area contributed by atoms with Crippen LogP contribution in [-0.2, 0) is 4.74 Å². The summed E-state index contributed by atoms with van der Waals surface area (Å²) in [5.74, 6) is 0. The van der Waals surface area contributed by atoms with Crippen LogP contribution in [0.3, 0.4) is 0 Å². The molecule has 1 aliphatic carbocycles. The van der Waals surface area contributed by atoms with Gasteiger partial charge in [0.25, 0.3) is 0 Å². The fourth-order valence-electron chi connectivity index (χ4n) is 1.19. The largest absolute Gasteiger partial charge is 0.377 e. The Kier molecular flexibility index (Phi) is 4.62. The molecule has 12 heavy (non-hydrogen) atoms. The molecule has 1 saturated carbocycles. The Bertz CT molecular complexity index is 112. The molecular weight excluding hydrogens is 150 g/mol. The van der Waals surface area contributed by atoms with E-state index in [-0.39, 0.29) is 0 Å². The van der Waals surface area contributed by atoms with Crippen molar-refractivity contribution in [2.24, 2.45) is 0 Å². The van der Waals surface area contributed by atoms with Crippen molar-refractivity contribution in [2.45, 2.75) is 51.7 Å². The van der Waals surface area contributed by atoms with Crippen LogP contribution in [-0.4, -0.2) is 25.3 Å². The van der Waals surface area contributed by atoms with Crippen molar-refractivity contribution >= 4 is 0 Å². The first kappa shape index (κ1) is 10.0. The third kappa shape index (κ3) is 4.07. The minimum atomic E-state index is 0.436. The van der Waals surface area contributed by atoms with Gasteiger partial charge in [-0.25, -0.2) is 0 Å². The van der Waals surface area contributed by atoms with Crippen LogP contribution in [0.25, 0.3) is 0 Å². The zero-order valence-electron chi connectivity index (χ0n) is 8.31. The van der Waals surface area contributed by atoms with Gasteiger partial charge in [0.1, 0.15) is 0 Å². The van der Waals surface area contributed by atoms with Gasteiger partial charge in [0.2, 0.25) is 0 Å². The summed E-state index contributed by atoms with van der Waals surface area (Å²) in [6, 6.07) is 0.810. The molecule has 72 valence electrons. The van der Waals surface area contributed by atoms with E-state index in [1.54, 1.807) is 0 Å². The molecule has 1 aliphatic rings. The molecule has 0 bridgehead atoms. The van der Waals surface area contributed by atoms with E-state index >= 15 is 0 Å². The Morgan fingerprint density at radius 2 is 2.17 bits per heavy atom. The summed E-state index contributed by atoms with van der Waals surface area (Å²) >= 11 is 0. The minimum Gasteiger partial charge on any atom is -0.377 e. The topological polar surface area (TPSA) is 21.3 Å². The molecule has 2 nitrogen and oxygen atoms in total. The molecule has 0 aromatic rings. The lowest BCUT2D eigenvalue weighted by atomic mass is 10.2. The second kappa shape index (κ2) is 5.55. The number of rotatable bonds is 7. The molecule has 1 N–H and O–H groups in total. The molecule has 1 atom stereocenters. The summed E-state index contributed by atoms with van der Waals surface area (Å²) < 4.78 is 5.66. The zero-order valence-corrected chi connectivity index (χ0v) is 8.31. The second-order valence-electron chi connectivity index (χ2n) is 3.58. The normalized spacial score (nSPS) is 19.5. The third-order valence-electron chi connectivity index (χ3n) is 2.22. The first-order valence-corrected chi connectivity index (χ1v) is 5.21. The summed E-state index contributed by atoms with van der Waals surface area (Å²) in [7, 11) is 0. The van der Waals surface area contributed by atoms with Gasteiger partial charge in [-0.3, -0.25) is 0 Å². The van der Waals surface area contributed by atoms with E-state index in [2.05, 4.69) is 19.2 Å². The van der Waals surface area contributed by atoms with Gasteiger partial charge in [-0.05, 0) is 25.7 Å². The Balaban J connectivity index is 1.98. The summed E-state index contributed by atoms with van der Waals surface area (Å²) in [6.45, 7) is 6.29. The number of hydrogen-bond donors (Lipinski definition) is 1. The molecule has 0 heterocycles. The molecular formula is C10H21NO. The van der Waals surface area contributed by atoms with E-state index in [4.69, 9.17) is 4.74 Å². The van der Waals surface area contributed by atoms with Crippen molar-refractivity contribution in [3.8, 4) is 0 Å². The average molecular weight is 171 g/mol. The highest BCUT2D eigenvalue weighted by Crippen LogP contribution is 2.18. The standard InChI is InChI=1S/C10H21NO/c1-3-7-12-10(4-2)8-11-9-5-6-9/h9-11H,3-8H2,1-2H3. The minimum absolute atomic E-state index is 0.436. The van der Waals surface area contributed by atoms with Crippen LogP contribution in [0.5, 0.6) is 0 Å². The van der Waals surface area contributed by atoms with Crippen LogP contribution in [0, 0.1) is 0 Å². The molecule has 2 heteroatoms. The molecule has 0 aromatic heterocycles. The van der Waals surface area contributed by atoms with Gasteiger partial charge in [0, 0.05) is 19.2 Å². The fraction of sp³-hybridized carbons (Fsp3) is 1.00. The van der Waals surface area contributed by atoms with Crippen LogP contribution in [0.15, 0.2) is 0 Å². The molecule has 1 rings (SSSR count). The quantitative estimate of drug-likeness (QED) is 0.632. The molecule has 0 saturated heterocycles. The Morgan fingerprint density at radius 3 is 2.67 bits per heavy atom. The highest BCUT2D eigenvalue weighted by atomic mass is 16.5. The summed E-state index contributed by atoms with van der Waals surface area (Å²) in [5.41, 5.74) is 0. The lowest BCUT2D eigenvalue weighted by Gasteiger charge is -2.15. The van der Waals surface area contributed by atoms with Crippen LogP contribution in [0.2, 0.25) is 0 Å². The predicted octanol–water partition coefficient (Wildman–Crippen LogP) is 1.94. The highest BCUT2D eigenvalue weighted by molar-refractivity contribution is 4.81.